The van der Waals surface area contributed by atoms with Gasteiger partial charge in [-0.2, -0.15) is 5.10 Å². The van der Waals surface area contributed by atoms with Crippen molar-refractivity contribution < 1.29 is 14.6 Å². The molecule has 1 heterocycles. The van der Waals surface area contributed by atoms with Crippen LogP contribution in [0, 0.1) is 0 Å². The van der Waals surface area contributed by atoms with Gasteiger partial charge in [0.1, 0.15) is 0 Å². The van der Waals surface area contributed by atoms with Gasteiger partial charge in [0.15, 0.2) is 5.69 Å². The Labute approximate surface area is 56.6 Å². The zero-order valence-corrected chi connectivity index (χ0v) is 5.25. The monoisotopic (exact) mass is 141 g/mol. The molecule has 0 aliphatic heterocycles. The van der Waals surface area contributed by atoms with E-state index in [4.69, 9.17) is 0 Å². The Morgan fingerprint density at radius 1 is 1.80 bits per heavy atom. The standard InChI is InChI=1S/C5H5N2O3/c1-10-5(9)3-2-4(8)7-6-3/h2H,1H3,(H,6,7). The first kappa shape index (κ1) is 6.60. The molecule has 53 valence electrons. The van der Waals surface area contributed by atoms with Crippen molar-refractivity contribution >= 4 is 5.97 Å². The molecule has 1 aromatic heterocycles. The quantitative estimate of drug-likeness (QED) is 0.573. The van der Waals surface area contributed by atoms with Crippen molar-refractivity contribution in [3.63, 3.8) is 0 Å². The van der Waals surface area contributed by atoms with Crippen molar-refractivity contribution in [2.75, 3.05) is 7.11 Å². The van der Waals surface area contributed by atoms with Crippen LogP contribution in [-0.2, 0) is 9.84 Å². The van der Waals surface area contributed by atoms with Crippen molar-refractivity contribution in [3.05, 3.63) is 11.8 Å². The van der Waals surface area contributed by atoms with Crippen LogP contribution in [0.2, 0.25) is 0 Å². The van der Waals surface area contributed by atoms with Crippen LogP contribution in [0.5, 0.6) is 5.88 Å². The minimum absolute atomic E-state index is 0.00694. The normalized spacial score (nSPS) is 9.30. The second kappa shape index (κ2) is 2.38. The molecule has 1 rings (SSSR count). The average Bonchev–Trinajstić information content (AvgIpc) is 2.34. The summed E-state index contributed by atoms with van der Waals surface area (Å²) in [5, 5.41) is 15.8. The van der Waals surface area contributed by atoms with E-state index in [0.717, 1.165) is 6.07 Å². The summed E-state index contributed by atoms with van der Waals surface area (Å²) in [5.74, 6) is -1.02. The number of nitrogens with zero attached hydrogens (tertiary/aromatic N) is 1. The molecule has 0 atom stereocenters. The molecular weight excluding hydrogens is 136 g/mol. The molecule has 0 aliphatic carbocycles. The Kier molecular flexibility index (Phi) is 1.57. The molecule has 1 aromatic rings. The van der Waals surface area contributed by atoms with Gasteiger partial charge in [-0.3, -0.25) is 5.11 Å². The van der Waals surface area contributed by atoms with Crippen LogP contribution in [0.25, 0.3) is 0 Å². The Morgan fingerprint density at radius 3 is 2.90 bits per heavy atom. The lowest BCUT2D eigenvalue weighted by Gasteiger charge is -1.88. The molecule has 10 heavy (non-hydrogen) atoms. The Balaban J connectivity index is 2.85. The third-order valence-electron chi connectivity index (χ3n) is 0.949. The van der Waals surface area contributed by atoms with E-state index >= 15 is 0 Å². The number of hydrogen-bond donors (Lipinski definition) is 1. The van der Waals surface area contributed by atoms with Gasteiger partial charge in [0, 0.05) is 6.07 Å². The predicted octanol–water partition coefficient (Wildman–Crippen LogP) is 0.340. The van der Waals surface area contributed by atoms with Gasteiger partial charge in [-0.1, -0.05) is 0 Å². The molecule has 1 N–H and O–H groups in total. The summed E-state index contributed by atoms with van der Waals surface area (Å²) in [7, 11) is 1.22. The van der Waals surface area contributed by atoms with Crippen LogP contribution in [-0.4, -0.2) is 23.3 Å². The number of hydrogen-bond acceptors (Lipinski definition) is 3. The van der Waals surface area contributed by atoms with E-state index in [2.05, 4.69) is 14.9 Å². The van der Waals surface area contributed by atoms with Crippen molar-refractivity contribution in [2.24, 2.45) is 0 Å². The fourth-order valence-corrected chi connectivity index (χ4v) is 0.513. The maximum atomic E-state index is 10.6. The SMILES string of the molecule is COC(=O)c1cc([O])[nH]n1. The highest BCUT2D eigenvalue weighted by Crippen LogP contribution is 2.06. The number of methoxy groups -OCH3 is 1. The van der Waals surface area contributed by atoms with Crippen LogP contribution >= 0.6 is 0 Å². The molecule has 0 unspecified atom stereocenters. The summed E-state index contributed by atoms with van der Waals surface area (Å²) in [5.41, 5.74) is 0.00694. The van der Waals surface area contributed by atoms with Crippen LogP contribution in [0.4, 0.5) is 0 Å². The number of aromatic amines is 1. The third-order valence-corrected chi connectivity index (χ3v) is 0.949. The van der Waals surface area contributed by atoms with Gasteiger partial charge in [-0.05, 0) is 0 Å². The molecule has 0 fully saturated rings. The minimum Gasteiger partial charge on any atom is -0.464 e. The lowest BCUT2D eigenvalue weighted by atomic mass is 10.4. The highest BCUT2D eigenvalue weighted by Gasteiger charge is 2.09. The largest absolute Gasteiger partial charge is 0.464 e. The van der Waals surface area contributed by atoms with Crippen molar-refractivity contribution in [2.45, 2.75) is 0 Å². The molecule has 0 bridgehead atoms. The highest BCUT2D eigenvalue weighted by atomic mass is 16.5. The maximum absolute atomic E-state index is 10.6. The first-order valence-electron chi connectivity index (χ1n) is 2.55. The Bertz CT molecular complexity index is 243. The van der Waals surface area contributed by atoms with Crippen molar-refractivity contribution in [3.8, 4) is 5.88 Å². The predicted molar refractivity (Wildman–Crippen MR) is 30.1 cm³/mol. The van der Waals surface area contributed by atoms with Gasteiger partial charge in [0.25, 0.3) is 5.88 Å². The smallest absolute Gasteiger partial charge is 0.358 e. The average molecular weight is 141 g/mol. The van der Waals surface area contributed by atoms with Gasteiger partial charge in [-0.15, -0.1) is 0 Å². The highest BCUT2D eigenvalue weighted by molar-refractivity contribution is 5.87. The van der Waals surface area contributed by atoms with Crippen LogP contribution < -0.4 is 0 Å². The fraction of sp³-hybridized carbons (Fsp3) is 0.200. The summed E-state index contributed by atoms with van der Waals surface area (Å²) in [6, 6.07) is 1.08. The van der Waals surface area contributed by atoms with Crippen molar-refractivity contribution in [1.82, 2.24) is 10.2 Å². The molecule has 0 saturated carbocycles. The third kappa shape index (κ3) is 1.07. The molecule has 1 radical (unpaired) electrons. The number of rotatable bonds is 1. The second-order valence-electron chi connectivity index (χ2n) is 1.61. The molecule has 0 saturated heterocycles. The number of ether oxygens (including phenoxy) is 1. The second-order valence-corrected chi connectivity index (χ2v) is 1.61. The zero-order chi connectivity index (χ0) is 7.56. The van der Waals surface area contributed by atoms with E-state index in [1.54, 1.807) is 0 Å². The summed E-state index contributed by atoms with van der Waals surface area (Å²) < 4.78 is 4.29. The minimum atomic E-state index is -0.613. The summed E-state index contributed by atoms with van der Waals surface area (Å²) in [6.45, 7) is 0. The van der Waals surface area contributed by atoms with Gasteiger partial charge >= 0.3 is 5.97 Å². The summed E-state index contributed by atoms with van der Waals surface area (Å²) >= 11 is 0. The first-order chi connectivity index (χ1) is 4.74. The van der Waals surface area contributed by atoms with E-state index in [1.165, 1.54) is 7.11 Å². The number of H-pyrrole nitrogens is 1. The number of nitrogens with one attached hydrogen (secondary N) is 1. The van der Waals surface area contributed by atoms with Crippen molar-refractivity contribution in [1.29, 1.82) is 0 Å². The van der Waals surface area contributed by atoms with Gasteiger partial charge < -0.3 is 4.74 Å². The number of esters is 1. The van der Waals surface area contributed by atoms with E-state index in [1.807, 2.05) is 0 Å². The van der Waals surface area contributed by atoms with E-state index in [-0.39, 0.29) is 5.69 Å². The number of carbonyl (C=O) groups is 1. The van der Waals surface area contributed by atoms with E-state index < -0.39 is 11.8 Å². The molecule has 5 nitrogen and oxygen atoms in total. The molecule has 0 aromatic carbocycles. The summed E-state index contributed by atoms with van der Waals surface area (Å²) in [4.78, 5) is 10.6. The molecule has 0 spiro atoms. The van der Waals surface area contributed by atoms with E-state index in [9.17, 15) is 9.90 Å². The Morgan fingerprint density at radius 2 is 2.50 bits per heavy atom. The van der Waals surface area contributed by atoms with Gasteiger partial charge in [0.2, 0.25) is 0 Å². The van der Waals surface area contributed by atoms with Crippen LogP contribution in [0.1, 0.15) is 10.5 Å². The summed E-state index contributed by atoms with van der Waals surface area (Å²) in [6.07, 6.45) is 0. The maximum Gasteiger partial charge on any atom is 0.358 e. The molecule has 0 aliphatic rings. The van der Waals surface area contributed by atoms with E-state index in [0.29, 0.717) is 0 Å². The van der Waals surface area contributed by atoms with Crippen LogP contribution in [0.15, 0.2) is 6.07 Å². The molecule has 0 amide bonds. The molecule has 5 heteroatoms. The molecular formula is C5H5N2O3. The number of aromatic nitrogens is 2. The van der Waals surface area contributed by atoms with Gasteiger partial charge in [-0.25, -0.2) is 9.89 Å². The number of carbonyl (C=O) groups excluding carboxylic acids is 1. The fourth-order valence-electron chi connectivity index (χ4n) is 0.513. The zero-order valence-electron chi connectivity index (χ0n) is 5.25. The lowest BCUT2D eigenvalue weighted by Crippen LogP contribution is -2.00. The Hall–Kier alpha value is -1.52. The van der Waals surface area contributed by atoms with Crippen LogP contribution in [0.3, 0.4) is 0 Å². The first-order valence-corrected chi connectivity index (χ1v) is 2.55. The van der Waals surface area contributed by atoms with Gasteiger partial charge in [0.05, 0.1) is 7.11 Å². The topological polar surface area (TPSA) is 74.9 Å². The lowest BCUT2D eigenvalue weighted by molar-refractivity contribution is 0.0594.